The molecule has 0 saturated heterocycles. The molecule has 1 rings (SSSR count). The van der Waals surface area contributed by atoms with Crippen molar-refractivity contribution < 1.29 is 4.74 Å². The molecule has 0 fully saturated rings. The zero-order chi connectivity index (χ0) is 10.4. The van der Waals surface area contributed by atoms with E-state index in [1.165, 1.54) is 5.56 Å². The maximum atomic E-state index is 5.83. The molecule has 0 radical (unpaired) electrons. The van der Waals surface area contributed by atoms with E-state index < -0.39 is 0 Å². The second-order valence-electron chi connectivity index (χ2n) is 3.38. The molecule has 0 amide bonds. The van der Waals surface area contributed by atoms with Gasteiger partial charge in [0.25, 0.3) is 0 Å². The Balaban J connectivity index is 2.34. The highest BCUT2D eigenvalue weighted by atomic mass is 79.9. The van der Waals surface area contributed by atoms with Crippen LogP contribution >= 0.6 is 15.9 Å². The first-order chi connectivity index (χ1) is 6.72. The fourth-order valence-corrected chi connectivity index (χ4v) is 1.56. The third-order valence-corrected chi connectivity index (χ3v) is 2.63. The minimum Gasteiger partial charge on any atom is -0.383 e. The summed E-state index contributed by atoms with van der Waals surface area (Å²) in [5, 5.41) is 0. The molecule has 1 aromatic rings. The van der Waals surface area contributed by atoms with Crippen LogP contribution in [0, 0.1) is 0 Å². The molecule has 0 aliphatic rings. The summed E-state index contributed by atoms with van der Waals surface area (Å²) in [5.41, 5.74) is 7.15. The molecule has 78 valence electrons. The Kier molecular flexibility index (Phi) is 5.15. The SMILES string of the molecule is COCC(N)CCc1ccc(Br)cc1. The fourth-order valence-electron chi connectivity index (χ4n) is 1.30. The van der Waals surface area contributed by atoms with E-state index in [0.29, 0.717) is 6.61 Å². The van der Waals surface area contributed by atoms with Gasteiger partial charge < -0.3 is 10.5 Å². The maximum absolute atomic E-state index is 5.83. The van der Waals surface area contributed by atoms with Gasteiger partial charge in [-0.2, -0.15) is 0 Å². The standard InChI is InChI=1S/C11H16BrNO/c1-14-8-11(13)7-4-9-2-5-10(12)6-3-9/h2-3,5-6,11H,4,7-8,13H2,1H3. The summed E-state index contributed by atoms with van der Waals surface area (Å²) < 4.78 is 6.09. The number of rotatable bonds is 5. The van der Waals surface area contributed by atoms with E-state index in [4.69, 9.17) is 10.5 Å². The van der Waals surface area contributed by atoms with Gasteiger partial charge in [0.15, 0.2) is 0 Å². The van der Waals surface area contributed by atoms with Gasteiger partial charge in [-0.1, -0.05) is 28.1 Å². The molecular formula is C11H16BrNO. The lowest BCUT2D eigenvalue weighted by Gasteiger charge is -2.09. The summed E-state index contributed by atoms with van der Waals surface area (Å²) in [4.78, 5) is 0. The molecular weight excluding hydrogens is 242 g/mol. The van der Waals surface area contributed by atoms with Crippen molar-refractivity contribution in [2.75, 3.05) is 13.7 Å². The Labute approximate surface area is 93.6 Å². The first-order valence-electron chi connectivity index (χ1n) is 4.71. The van der Waals surface area contributed by atoms with Crippen LogP contribution in [0.2, 0.25) is 0 Å². The molecule has 0 aliphatic carbocycles. The number of benzene rings is 1. The number of methoxy groups -OCH3 is 1. The molecule has 1 atom stereocenters. The average Bonchev–Trinajstić information content (AvgIpc) is 2.17. The second kappa shape index (κ2) is 6.17. The van der Waals surface area contributed by atoms with Gasteiger partial charge in [-0.25, -0.2) is 0 Å². The first kappa shape index (κ1) is 11.7. The highest BCUT2D eigenvalue weighted by Crippen LogP contribution is 2.12. The zero-order valence-electron chi connectivity index (χ0n) is 8.37. The molecule has 0 spiro atoms. The molecule has 1 aromatic carbocycles. The van der Waals surface area contributed by atoms with Gasteiger partial charge >= 0.3 is 0 Å². The van der Waals surface area contributed by atoms with E-state index in [0.717, 1.165) is 17.3 Å². The zero-order valence-corrected chi connectivity index (χ0v) is 9.96. The van der Waals surface area contributed by atoms with Gasteiger partial charge in [-0.3, -0.25) is 0 Å². The number of hydrogen-bond donors (Lipinski definition) is 1. The van der Waals surface area contributed by atoms with E-state index >= 15 is 0 Å². The van der Waals surface area contributed by atoms with Crippen molar-refractivity contribution >= 4 is 15.9 Å². The summed E-state index contributed by atoms with van der Waals surface area (Å²) in [7, 11) is 1.68. The number of ether oxygens (including phenoxy) is 1. The lowest BCUT2D eigenvalue weighted by molar-refractivity contribution is 0.177. The van der Waals surface area contributed by atoms with Crippen LogP contribution < -0.4 is 5.73 Å². The van der Waals surface area contributed by atoms with Crippen LogP contribution in [-0.2, 0) is 11.2 Å². The van der Waals surface area contributed by atoms with Crippen molar-refractivity contribution in [2.24, 2.45) is 5.73 Å². The topological polar surface area (TPSA) is 35.2 Å². The molecule has 0 aliphatic heterocycles. The van der Waals surface area contributed by atoms with Crippen LogP contribution in [0.25, 0.3) is 0 Å². The monoisotopic (exact) mass is 257 g/mol. The highest BCUT2D eigenvalue weighted by molar-refractivity contribution is 9.10. The Hall–Kier alpha value is -0.380. The highest BCUT2D eigenvalue weighted by Gasteiger charge is 2.01. The summed E-state index contributed by atoms with van der Waals surface area (Å²) in [6.45, 7) is 0.635. The van der Waals surface area contributed by atoms with E-state index in [1.54, 1.807) is 7.11 Å². The molecule has 3 heteroatoms. The minimum absolute atomic E-state index is 0.142. The minimum atomic E-state index is 0.142. The molecule has 0 bridgehead atoms. The number of aryl methyl sites for hydroxylation is 1. The summed E-state index contributed by atoms with van der Waals surface area (Å²) in [6.07, 6.45) is 1.98. The smallest absolute Gasteiger partial charge is 0.0613 e. The van der Waals surface area contributed by atoms with Crippen LogP contribution in [-0.4, -0.2) is 19.8 Å². The molecule has 1 unspecified atom stereocenters. The third kappa shape index (κ3) is 4.22. The fraction of sp³-hybridized carbons (Fsp3) is 0.455. The van der Waals surface area contributed by atoms with Gasteiger partial charge in [-0.05, 0) is 30.5 Å². The van der Waals surface area contributed by atoms with E-state index in [1.807, 2.05) is 0 Å². The summed E-state index contributed by atoms with van der Waals surface area (Å²) >= 11 is 3.41. The lowest BCUT2D eigenvalue weighted by Crippen LogP contribution is -2.26. The Morgan fingerprint density at radius 2 is 2.00 bits per heavy atom. The van der Waals surface area contributed by atoms with Crippen molar-refractivity contribution in [3.63, 3.8) is 0 Å². The van der Waals surface area contributed by atoms with Crippen molar-refractivity contribution in [3.05, 3.63) is 34.3 Å². The lowest BCUT2D eigenvalue weighted by atomic mass is 10.1. The summed E-state index contributed by atoms with van der Waals surface area (Å²) in [5.74, 6) is 0. The molecule has 0 aromatic heterocycles. The molecule has 0 saturated carbocycles. The van der Waals surface area contributed by atoms with Crippen LogP contribution in [0.5, 0.6) is 0 Å². The number of halogens is 1. The van der Waals surface area contributed by atoms with Gasteiger partial charge in [-0.15, -0.1) is 0 Å². The quantitative estimate of drug-likeness (QED) is 0.879. The molecule has 2 N–H and O–H groups in total. The maximum Gasteiger partial charge on any atom is 0.0613 e. The van der Waals surface area contributed by atoms with Crippen molar-refractivity contribution in [3.8, 4) is 0 Å². The molecule has 2 nitrogen and oxygen atoms in total. The Morgan fingerprint density at radius 3 is 2.57 bits per heavy atom. The van der Waals surface area contributed by atoms with E-state index in [-0.39, 0.29) is 6.04 Å². The second-order valence-corrected chi connectivity index (χ2v) is 4.30. The van der Waals surface area contributed by atoms with Crippen LogP contribution in [0.15, 0.2) is 28.7 Å². The summed E-state index contributed by atoms with van der Waals surface area (Å²) in [6, 6.07) is 8.48. The van der Waals surface area contributed by atoms with Crippen molar-refractivity contribution in [1.29, 1.82) is 0 Å². The number of nitrogens with two attached hydrogens (primary N) is 1. The van der Waals surface area contributed by atoms with Gasteiger partial charge in [0.1, 0.15) is 0 Å². The number of hydrogen-bond acceptors (Lipinski definition) is 2. The Morgan fingerprint density at radius 1 is 1.36 bits per heavy atom. The van der Waals surface area contributed by atoms with Crippen LogP contribution in [0.4, 0.5) is 0 Å². The van der Waals surface area contributed by atoms with E-state index in [9.17, 15) is 0 Å². The first-order valence-corrected chi connectivity index (χ1v) is 5.50. The van der Waals surface area contributed by atoms with Crippen LogP contribution in [0.3, 0.4) is 0 Å². The largest absolute Gasteiger partial charge is 0.383 e. The van der Waals surface area contributed by atoms with E-state index in [2.05, 4.69) is 40.2 Å². The average molecular weight is 258 g/mol. The van der Waals surface area contributed by atoms with Crippen molar-refractivity contribution in [2.45, 2.75) is 18.9 Å². The predicted molar refractivity (Wildman–Crippen MR) is 62.3 cm³/mol. The van der Waals surface area contributed by atoms with Crippen LogP contribution in [0.1, 0.15) is 12.0 Å². The van der Waals surface area contributed by atoms with Gasteiger partial charge in [0, 0.05) is 17.6 Å². The predicted octanol–water partition coefficient (Wildman–Crippen LogP) is 2.36. The molecule has 0 heterocycles. The third-order valence-electron chi connectivity index (χ3n) is 2.10. The molecule has 14 heavy (non-hydrogen) atoms. The normalized spacial score (nSPS) is 12.8. The Bertz CT molecular complexity index is 260. The van der Waals surface area contributed by atoms with Gasteiger partial charge in [0.05, 0.1) is 6.61 Å². The van der Waals surface area contributed by atoms with Crippen molar-refractivity contribution in [1.82, 2.24) is 0 Å². The van der Waals surface area contributed by atoms with Gasteiger partial charge in [0.2, 0.25) is 0 Å².